The molecule has 21 heteroatoms. The van der Waals surface area contributed by atoms with Gasteiger partial charge in [0.1, 0.15) is 11.9 Å². The van der Waals surface area contributed by atoms with Crippen LogP contribution in [0.25, 0.3) is 0 Å². The molecular weight excluding hydrogens is 643 g/mol. The standard InChI is InChI=1S/C18H20N4O2.3C2HF3O2/c1-2-7-20-15(4-1)13-22-12-14-6-9-24-17(18(14)21-22)11-19-10-16-5-3-8-23-16;3*3-2(4,5)1(6)7/h1-5,7-8,12,17,19H,6,9-11,13H2;3*(H,6,7). The van der Waals surface area contributed by atoms with Crippen molar-refractivity contribution in [1.82, 2.24) is 20.1 Å². The number of rotatable bonds is 6. The molecule has 0 radical (unpaired) electrons. The van der Waals surface area contributed by atoms with Crippen molar-refractivity contribution in [1.29, 1.82) is 0 Å². The van der Waals surface area contributed by atoms with Gasteiger partial charge >= 0.3 is 36.4 Å². The number of carboxylic acids is 3. The number of aliphatic carboxylic acids is 3. The van der Waals surface area contributed by atoms with E-state index in [2.05, 4.69) is 16.5 Å². The topological polar surface area (TPSA) is 177 Å². The van der Waals surface area contributed by atoms with Gasteiger partial charge in [0.05, 0.1) is 37.3 Å². The van der Waals surface area contributed by atoms with Crippen LogP contribution in [-0.4, -0.2) is 79.7 Å². The minimum absolute atomic E-state index is 0.0197. The Morgan fingerprint density at radius 1 is 0.889 bits per heavy atom. The summed E-state index contributed by atoms with van der Waals surface area (Å²) in [6, 6.07) is 9.79. The number of furan rings is 1. The zero-order valence-corrected chi connectivity index (χ0v) is 22.4. The number of hydrogen-bond acceptors (Lipinski definition) is 8. The lowest BCUT2D eigenvalue weighted by atomic mass is 10.1. The maximum atomic E-state index is 10.6. The van der Waals surface area contributed by atoms with Crippen LogP contribution in [0.15, 0.2) is 53.4 Å². The van der Waals surface area contributed by atoms with Gasteiger partial charge in [-0.15, -0.1) is 0 Å². The van der Waals surface area contributed by atoms with Gasteiger partial charge in [0.25, 0.3) is 0 Å². The number of pyridine rings is 1. The van der Waals surface area contributed by atoms with Crippen LogP contribution in [0.3, 0.4) is 0 Å². The first-order valence-corrected chi connectivity index (χ1v) is 11.9. The number of alkyl halides is 9. The highest BCUT2D eigenvalue weighted by Gasteiger charge is 2.39. The molecule has 1 aliphatic rings. The molecule has 1 aliphatic heterocycles. The fraction of sp³-hybridized carbons (Fsp3) is 0.375. The molecule has 4 heterocycles. The third-order valence-corrected chi connectivity index (χ3v) is 4.85. The lowest BCUT2D eigenvalue weighted by Gasteiger charge is -2.22. The second-order valence-corrected chi connectivity index (χ2v) is 8.29. The number of fused-ring (bicyclic) bond motifs is 1. The number of hydrogen-bond donors (Lipinski definition) is 4. The molecular formula is C24H23F9N4O8. The lowest BCUT2D eigenvalue weighted by molar-refractivity contribution is -0.193. The van der Waals surface area contributed by atoms with Gasteiger partial charge in [-0.2, -0.15) is 44.6 Å². The van der Waals surface area contributed by atoms with Crippen molar-refractivity contribution in [3.05, 3.63) is 71.7 Å². The number of aromatic nitrogens is 3. The second-order valence-electron chi connectivity index (χ2n) is 8.29. The summed E-state index contributed by atoms with van der Waals surface area (Å²) in [6.45, 7) is 2.82. The van der Waals surface area contributed by atoms with E-state index >= 15 is 0 Å². The summed E-state index contributed by atoms with van der Waals surface area (Å²) < 4.78 is 108. The first-order valence-electron chi connectivity index (χ1n) is 11.9. The van der Waals surface area contributed by atoms with Crippen LogP contribution < -0.4 is 5.32 Å². The van der Waals surface area contributed by atoms with Crippen molar-refractivity contribution in [2.45, 2.75) is 44.1 Å². The van der Waals surface area contributed by atoms with Gasteiger partial charge in [-0.25, -0.2) is 14.4 Å². The van der Waals surface area contributed by atoms with E-state index in [4.69, 9.17) is 44.0 Å². The SMILES string of the molecule is O=C(O)C(F)(F)F.O=C(O)C(F)(F)F.O=C(O)C(F)(F)F.c1ccc(Cn2cc3c(n2)C(CNCc2ccco2)OCC3)nc1. The van der Waals surface area contributed by atoms with Crippen LogP contribution in [0, 0.1) is 0 Å². The maximum Gasteiger partial charge on any atom is 0.490 e. The normalized spacial score (nSPS) is 14.3. The van der Waals surface area contributed by atoms with Gasteiger partial charge in [0.2, 0.25) is 0 Å². The van der Waals surface area contributed by atoms with Crippen molar-refractivity contribution in [3.63, 3.8) is 0 Å². The molecule has 0 spiro atoms. The minimum Gasteiger partial charge on any atom is -0.475 e. The van der Waals surface area contributed by atoms with E-state index in [0.717, 1.165) is 30.2 Å². The van der Waals surface area contributed by atoms with Gasteiger partial charge in [-0.1, -0.05) is 6.07 Å². The Balaban J connectivity index is 0.000000396. The monoisotopic (exact) mass is 666 g/mol. The average molecular weight is 666 g/mol. The van der Waals surface area contributed by atoms with E-state index in [1.54, 1.807) is 6.26 Å². The Labute approximate surface area is 246 Å². The van der Waals surface area contributed by atoms with Crippen molar-refractivity contribution >= 4 is 17.9 Å². The van der Waals surface area contributed by atoms with Crippen LogP contribution in [0.4, 0.5) is 39.5 Å². The van der Waals surface area contributed by atoms with Crippen molar-refractivity contribution in [3.8, 4) is 0 Å². The Morgan fingerprint density at radius 3 is 1.89 bits per heavy atom. The number of carbonyl (C=O) groups is 3. The van der Waals surface area contributed by atoms with Crippen molar-refractivity contribution in [2.24, 2.45) is 0 Å². The van der Waals surface area contributed by atoms with Gasteiger partial charge in [0.15, 0.2) is 0 Å². The van der Waals surface area contributed by atoms with Gasteiger partial charge in [-0.3, -0.25) is 9.67 Å². The quantitative estimate of drug-likeness (QED) is 0.277. The van der Waals surface area contributed by atoms with E-state index in [0.29, 0.717) is 19.6 Å². The first-order chi connectivity index (χ1) is 20.7. The molecule has 0 saturated carbocycles. The number of carboxylic acid groups (broad SMARTS) is 3. The molecule has 0 aromatic carbocycles. The smallest absolute Gasteiger partial charge is 0.475 e. The predicted molar refractivity (Wildman–Crippen MR) is 129 cm³/mol. The molecule has 250 valence electrons. The summed E-state index contributed by atoms with van der Waals surface area (Å²) in [7, 11) is 0. The third kappa shape index (κ3) is 15.1. The summed E-state index contributed by atoms with van der Waals surface area (Å²) in [4.78, 5) is 31.0. The maximum absolute atomic E-state index is 10.6. The van der Waals surface area contributed by atoms with Gasteiger partial charge in [0, 0.05) is 18.9 Å². The number of nitrogens with one attached hydrogen (secondary N) is 1. The van der Waals surface area contributed by atoms with Gasteiger partial charge in [-0.05, 0) is 36.2 Å². The Morgan fingerprint density at radius 2 is 1.44 bits per heavy atom. The Hall–Kier alpha value is -4.66. The predicted octanol–water partition coefficient (Wildman–Crippen LogP) is 4.22. The van der Waals surface area contributed by atoms with E-state index in [-0.39, 0.29) is 6.10 Å². The van der Waals surface area contributed by atoms with Crippen LogP contribution in [0.5, 0.6) is 0 Å². The molecule has 0 bridgehead atoms. The number of halogens is 9. The fourth-order valence-electron chi connectivity index (χ4n) is 2.97. The van der Waals surface area contributed by atoms with Crippen molar-refractivity contribution in [2.75, 3.05) is 13.2 Å². The summed E-state index contributed by atoms with van der Waals surface area (Å²) in [5.74, 6) is -7.35. The molecule has 0 fully saturated rings. The average Bonchev–Trinajstić information content (AvgIpc) is 3.59. The molecule has 4 rings (SSSR count). The molecule has 45 heavy (non-hydrogen) atoms. The van der Waals surface area contributed by atoms with E-state index in [1.165, 1.54) is 5.56 Å². The van der Waals surface area contributed by atoms with E-state index in [9.17, 15) is 39.5 Å². The van der Waals surface area contributed by atoms with E-state index in [1.807, 2.05) is 41.2 Å². The zero-order valence-electron chi connectivity index (χ0n) is 22.4. The van der Waals surface area contributed by atoms with Crippen molar-refractivity contribution < 1.29 is 78.4 Å². The first kappa shape index (κ1) is 38.4. The molecule has 0 saturated heterocycles. The Bertz CT molecular complexity index is 1290. The highest BCUT2D eigenvalue weighted by Crippen LogP contribution is 2.25. The molecule has 12 nitrogen and oxygen atoms in total. The molecule has 3 aromatic heterocycles. The lowest BCUT2D eigenvalue weighted by Crippen LogP contribution is -2.27. The zero-order chi connectivity index (χ0) is 34.4. The molecule has 3 aromatic rings. The van der Waals surface area contributed by atoms with E-state index < -0.39 is 36.4 Å². The summed E-state index contributed by atoms with van der Waals surface area (Å²) in [5.41, 5.74) is 3.30. The number of nitrogens with zero attached hydrogens (tertiary/aromatic N) is 3. The molecule has 1 atom stereocenters. The van der Waals surface area contributed by atoms with Crippen LogP contribution >= 0.6 is 0 Å². The molecule has 0 amide bonds. The summed E-state index contributed by atoms with van der Waals surface area (Å²) >= 11 is 0. The van der Waals surface area contributed by atoms with Crippen LogP contribution in [0.1, 0.15) is 28.8 Å². The highest BCUT2D eigenvalue weighted by atomic mass is 19.4. The summed E-state index contributed by atoms with van der Waals surface area (Å²) in [6.07, 6.45) is -8.75. The fourth-order valence-corrected chi connectivity index (χ4v) is 2.97. The van der Waals surface area contributed by atoms with Crippen LogP contribution in [-0.2, 0) is 38.6 Å². The Kier molecular flexibility index (Phi) is 14.5. The number of ether oxygens (including phenoxy) is 1. The highest BCUT2D eigenvalue weighted by molar-refractivity contribution is 5.73. The second kappa shape index (κ2) is 17.0. The molecule has 4 N–H and O–H groups in total. The van der Waals surface area contributed by atoms with Gasteiger partial charge < -0.3 is 29.8 Å². The molecule has 0 aliphatic carbocycles. The summed E-state index contributed by atoms with van der Waals surface area (Å²) in [5, 5.41) is 29.5. The largest absolute Gasteiger partial charge is 0.490 e. The third-order valence-electron chi connectivity index (χ3n) is 4.85. The molecule has 1 unspecified atom stereocenters. The van der Waals surface area contributed by atoms with Crippen LogP contribution in [0.2, 0.25) is 0 Å². The minimum atomic E-state index is -5.08.